The number of halogens is 1. The lowest BCUT2D eigenvalue weighted by molar-refractivity contribution is -0.119. The van der Waals surface area contributed by atoms with Crippen LogP contribution in [0, 0.1) is 6.92 Å². The minimum Gasteiger partial charge on any atom is -0.354 e. The summed E-state index contributed by atoms with van der Waals surface area (Å²) in [6.45, 7) is 3.47. The summed E-state index contributed by atoms with van der Waals surface area (Å²) < 4.78 is 2.98. The van der Waals surface area contributed by atoms with Gasteiger partial charge in [-0.1, -0.05) is 11.6 Å². The van der Waals surface area contributed by atoms with Gasteiger partial charge in [-0.2, -0.15) is 10.2 Å². The van der Waals surface area contributed by atoms with Gasteiger partial charge in [0.05, 0.1) is 22.6 Å². The lowest BCUT2D eigenvalue weighted by Gasteiger charge is -2.14. The summed E-state index contributed by atoms with van der Waals surface area (Å²) in [4.78, 5) is 24.1. The summed E-state index contributed by atoms with van der Waals surface area (Å²) in [7, 11) is 3.17. The summed E-state index contributed by atoms with van der Waals surface area (Å²) in [5.41, 5.74) is 1.19. The van der Waals surface area contributed by atoms with E-state index in [4.69, 9.17) is 11.6 Å². The van der Waals surface area contributed by atoms with E-state index in [0.717, 1.165) is 0 Å². The van der Waals surface area contributed by atoms with Gasteiger partial charge in [-0.25, -0.2) is 0 Å². The fraction of sp³-hybridized carbons (Fsp3) is 0.385. The summed E-state index contributed by atoms with van der Waals surface area (Å²) >= 11 is 5.95. The fourth-order valence-electron chi connectivity index (χ4n) is 2.01. The van der Waals surface area contributed by atoms with Crippen LogP contribution in [0.25, 0.3) is 0 Å². The van der Waals surface area contributed by atoms with Gasteiger partial charge in [-0.3, -0.25) is 19.0 Å². The number of rotatable bonds is 4. The average molecular weight is 325 g/mol. The highest BCUT2D eigenvalue weighted by Crippen LogP contribution is 2.20. The summed E-state index contributed by atoms with van der Waals surface area (Å²) in [5, 5.41) is 13.8. The van der Waals surface area contributed by atoms with Gasteiger partial charge >= 0.3 is 0 Å². The second-order valence-electron chi connectivity index (χ2n) is 4.83. The molecule has 0 spiro atoms. The van der Waals surface area contributed by atoms with Gasteiger partial charge < -0.3 is 10.6 Å². The molecule has 8 nitrogen and oxygen atoms in total. The molecule has 0 unspecified atom stereocenters. The minimum absolute atomic E-state index is 0.153. The molecule has 0 saturated heterocycles. The van der Waals surface area contributed by atoms with Gasteiger partial charge in [0.1, 0.15) is 6.04 Å². The number of hydrogen-bond donors (Lipinski definition) is 2. The molecule has 118 valence electrons. The third kappa shape index (κ3) is 2.96. The molecule has 2 aromatic rings. The van der Waals surface area contributed by atoms with Crippen molar-refractivity contribution in [1.82, 2.24) is 24.9 Å². The summed E-state index contributed by atoms with van der Waals surface area (Å²) in [6, 6.07) is -0.578. The first kappa shape index (κ1) is 16.0. The molecule has 2 heterocycles. The zero-order valence-corrected chi connectivity index (χ0v) is 13.5. The topological polar surface area (TPSA) is 93.8 Å². The number of carbonyl (C=O) groups excluding carboxylic acids is 2. The molecule has 2 N–H and O–H groups in total. The monoisotopic (exact) mass is 324 g/mol. The summed E-state index contributed by atoms with van der Waals surface area (Å²) in [5.74, 6) is -0.692. The lowest BCUT2D eigenvalue weighted by Crippen LogP contribution is -2.27. The predicted molar refractivity (Wildman–Crippen MR) is 81.9 cm³/mol. The number of amides is 2. The zero-order valence-electron chi connectivity index (χ0n) is 12.7. The third-order valence-corrected chi connectivity index (χ3v) is 3.63. The number of aromatic nitrogens is 4. The molecule has 0 aliphatic carbocycles. The average Bonchev–Trinajstić information content (AvgIpc) is 3.01. The summed E-state index contributed by atoms with van der Waals surface area (Å²) in [6.07, 6.45) is 3.05. The molecule has 2 aromatic heterocycles. The number of nitrogens with one attached hydrogen (secondary N) is 2. The van der Waals surface area contributed by atoms with Crippen LogP contribution in [0.5, 0.6) is 0 Å². The Bertz CT molecular complexity index is 720. The van der Waals surface area contributed by atoms with E-state index in [-0.39, 0.29) is 17.5 Å². The van der Waals surface area contributed by atoms with Crippen LogP contribution in [0.15, 0.2) is 12.4 Å². The first-order chi connectivity index (χ1) is 10.3. The second-order valence-corrected chi connectivity index (χ2v) is 5.24. The maximum atomic E-state index is 12.4. The number of carbonyl (C=O) groups is 2. The molecule has 0 bridgehead atoms. The van der Waals surface area contributed by atoms with E-state index < -0.39 is 6.04 Å². The number of aryl methyl sites for hydroxylation is 1. The van der Waals surface area contributed by atoms with Crippen LogP contribution >= 0.6 is 11.6 Å². The molecule has 0 aliphatic heterocycles. The second kappa shape index (κ2) is 6.18. The minimum atomic E-state index is -0.578. The highest BCUT2D eigenvalue weighted by molar-refractivity contribution is 6.31. The number of hydrogen-bond acceptors (Lipinski definition) is 4. The van der Waals surface area contributed by atoms with Crippen molar-refractivity contribution in [2.75, 3.05) is 12.4 Å². The van der Waals surface area contributed by atoms with Gasteiger partial charge in [0.25, 0.3) is 5.91 Å². The van der Waals surface area contributed by atoms with E-state index in [9.17, 15) is 9.59 Å². The van der Waals surface area contributed by atoms with Crippen molar-refractivity contribution in [3.63, 3.8) is 0 Å². The smallest absolute Gasteiger partial charge is 0.273 e. The molecular weight excluding hydrogens is 308 g/mol. The first-order valence-corrected chi connectivity index (χ1v) is 6.99. The van der Waals surface area contributed by atoms with E-state index in [2.05, 4.69) is 20.8 Å². The highest BCUT2D eigenvalue weighted by atomic mass is 35.5. The van der Waals surface area contributed by atoms with Crippen LogP contribution in [0.1, 0.15) is 29.1 Å². The van der Waals surface area contributed by atoms with Crippen LogP contribution < -0.4 is 10.6 Å². The van der Waals surface area contributed by atoms with Crippen LogP contribution in [0.2, 0.25) is 5.02 Å². The number of nitrogens with zero attached hydrogens (tertiary/aromatic N) is 4. The van der Waals surface area contributed by atoms with E-state index in [0.29, 0.717) is 16.4 Å². The predicted octanol–water partition coefficient (Wildman–Crippen LogP) is 1.14. The molecule has 0 aliphatic rings. The van der Waals surface area contributed by atoms with Crippen LogP contribution in [0.4, 0.5) is 5.69 Å². The van der Waals surface area contributed by atoms with Gasteiger partial charge in [-0.05, 0) is 13.8 Å². The molecule has 0 radical (unpaired) electrons. The van der Waals surface area contributed by atoms with Gasteiger partial charge in [0.2, 0.25) is 5.91 Å². The molecular formula is C13H17ClN6O2. The van der Waals surface area contributed by atoms with E-state index in [1.54, 1.807) is 27.1 Å². The normalized spacial score (nSPS) is 12.0. The zero-order chi connectivity index (χ0) is 16.4. The van der Waals surface area contributed by atoms with Gasteiger partial charge in [0.15, 0.2) is 5.69 Å². The van der Waals surface area contributed by atoms with E-state index >= 15 is 0 Å². The quantitative estimate of drug-likeness (QED) is 0.881. The van der Waals surface area contributed by atoms with E-state index in [1.165, 1.54) is 22.6 Å². The van der Waals surface area contributed by atoms with Crippen molar-refractivity contribution >= 4 is 29.1 Å². The maximum Gasteiger partial charge on any atom is 0.273 e. The Balaban J connectivity index is 2.22. The number of anilines is 1. The Kier molecular flexibility index (Phi) is 4.51. The van der Waals surface area contributed by atoms with Crippen LogP contribution in [0.3, 0.4) is 0 Å². The van der Waals surface area contributed by atoms with E-state index in [1.807, 2.05) is 0 Å². The molecule has 0 fully saturated rings. The maximum absolute atomic E-state index is 12.4. The van der Waals surface area contributed by atoms with Crippen molar-refractivity contribution in [2.45, 2.75) is 19.9 Å². The standard InChI is InChI=1S/C13H17ClN6O2/c1-7-9(14)5-16-20(7)8(2)12(21)17-10-6-19(4)18-11(10)13(22)15-3/h5-6,8H,1-4H3,(H,15,22)(H,17,21)/t8-/m0/s1. The molecule has 2 amide bonds. The Morgan fingerprint density at radius 3 is 2.64 bits per heavy atom. The molecule has 22 heavy (non-hydrogen) atoms. The SMILES string of the molecule is CNC(=O)c1nn(C)cc1NC(=O)[C@H](C)n1ncc(Cl)c1C. The Morgan fingerprint density at radius 2 is 2.09 bits per heavy atom. The van der Waals surface area contributed by atoms with Gasteiger partial charge in [-0.15, -0.1) is 0 Å². The Morgan fingerprint density at radius 1 is 1.41 bits per heavy atom. The lowest BCUT2D eigenvalue weighted by atomic mass is 10.2. The molecule has 0 saturated carbocycles. The molecule has 1 atom stereocenters. The van der Waals surface area contributed by atoms with Crippen molar-refractivity contribution in [2.24, 2.45) is 7.05 Å². The van der Waals surface area contributed by atoms with Crippen molar-refractivity contribution in [1.29, 1.82) is 0 Å². The third-order valence-electron chi connectivity index (χ3n) is 3.26. The van der Waals surface area contributed by atoms with Crippen molar-refractivity contribution < 1.29 is 9.59 Å². The van der Waals surface area contributed by atoms with Gasteiger partial charge in [0, 0.05) is 20.3 Å². The van der Waals surface area contributed by atoms with Crippen molar-refractivity contribution in [3.05, 3.63) is 28.8 Å². The largest absolute Gasteiger partial charge is 0.354 e. The first-order valence-electron chi connectivity index (χ1n) is 6.61. The molecule has 2 rings (SSSR count). The Labute approximate surface area is 132 Å². The van der Waals surface area contributed by atoms with Crippen molar-refractivity contribution in [3.8, 4) is 0 Å². The van der Waals surface area contributed by atoms with Crippen LogP contribution in [-0.2, 0) is 11.8 Å². The Hall–Kier alpha value is -2.35. The molecule has 9 heteroatoms. The van der Waals surface area contributed by atoms with Crippen LogP contribution in [-0.4, -0.2) is 38.4 Å². The highest BCUT2D eigenvalue weighted by Gasteiger charge is 2.22. The molecule has 0 aromatic carbocycles. The fourth-order valence-corrected chi connectivity index (χ4v) is 2.14.